The normalized spacial score (nSPS) is 12.5. The van der Waals surface area contributed by atoms with Crippen molar-refractivity contribution < 1.29 is 13.2 Å². The third kappa shape index (κ3) is 8.47. The molecule has 0 bridgehead atoms. The molecule has 0 aliphatic heterocycles. The second-order valence-electron chi connectivity index (χ2n) is 5.50. The summed E-state index contributed by atoms with van der Waals surface area (Å²) in [5.41, 5.74) is 2.14. The first-order valence-electron chi connectivity index (χ1n) is 7.84. The molecule has 0 amide bonds. The van der Waals surface area contributed by atoms with E-state index in [0.29, 0.717) is 18.9 Å². The van der Waals surface area contributed by atoms with Crippen LogP contribution < -0.4 is 10.6 Å². The third-order valence-corrected chi connectivity index (χ3v) is 3.35. The quantitative estimate of drug-likeness (QED) is 0.437. The molecule has 1 rings (SSSR count). The van der Waals surface area contributed by atoms with Crippen molar-refractivity contribution in [3.05, 3.63) is 17.5 Å². The lowest BCUT2D eigenvalue weighted by Crippen LogP contribution is -2.38. The van der Waals surface area contributed by atoms with Crippen LogP contribution in [-0.2, 0) is 6.54 Å². The summed E-state index contributed by atoms with van der Waals surface area (Å²) >= 11 is 0. The standard InChI is InChI=1S/C15H26F3N5/c1-12-11-13(2)23(22-12)10-6-9-21-14(19-3)20-8-5-4-7-15(16,17)18/h11H,4-10H2,1-3H3,(H2,19,20,21). The van der Waals surface area contributed by atoms with Gasteiger partial charge < -0.3 is 10.6 Å². The first-order valence-corrected chi connectivity index (χ1v) is 7.84. The molecule has 1 heterocycles. The fraction of sp³-hybridized carbons (Fsp3) is 0.733. The number of unbranched alkanes of at least 4 members (excludes halogenated alkanes) is 1. The molecule has 0 aromatic carbocycles. The van der Waals surface area contributed by atoms with E-state index in [1.54, 1.807) is 7.05 Å². The van der Waals surface area contributed by atoms with Crippen LogP contribution in [0.1, 0.15) is 37.1 Å². The fourth-order valence-corrected chi connectivity index (χ4v) is 2.21. The lowest BCUT2D eigenvalue weighted by atomic mass is 10.2. The minimum Gasteiger partial charge on any atom is -0.356 e. The van der Waals surface area contributed by atoms with E-state index in [-0.39, 0.29) is 6.42 Å². The first-order chi connectivity index (χ1) is 10.8. The average molecular weight is 333 g/mol. The number of alkyl halides is 3. The molecule has 132 valence electrons. The van der Waals surface area contributed by atoms with Crippen LogP contribution in [0.15, 0.2) is 11.1 Å². The zero-order valence-electron chi connectivity index (χ0n) is 14.0. The van der Waals surface area contributed by atoms with Gasteiger partial charge in [0, 0.05) is 38.8 Å². The maximum absolute atomic E-state index is 12.0. The summed E-state index contributed by atoms with van der Waals surface area (Å²) in [6, 6.07) is 2.04. The number of aromatic nitrogens is 2. The molecular formula is C15H26F3N5. The van der Waals surface area contributed by atoms with Crippen LogP contribution in [-0.4, -0.2) is 42.1 Å². The van der Waals surface area contributed by atoms with E-state index in [9.17, 15) is 13.2 Å². The molecule has 0 fully saturated rings. The zero-order chi connectivity index (χ0) is 17.3. The van der Waals surface area contributed by atoms with Crippen molar-refractivity contribution in [2.45, 2.75) is 52.3 Å². The topological polar surface area (TPSA) is 54.2 Å². The SMILES string of the molecule is CN=C(NCCCCC(F)(F)F)NCCCn1nc(C)cc1C. The first kappa shape index (κ1) is 19.3. The predicted octanol–water partition coefficient (Wildman–Crippen LogP) is 2.79. The molecule has 0 unspecified atom stereocenters. The number of hydrogen-bond acceptors (Lipinski definition) is 2. The van der Waals surface area contributed by atoms with Gasteiger partial charge in [-0.05, 0) is 39.2 Å². The van der Waals surface area contributed by atoms with Gasteiger partial charge in [-0.25, -0.2) is 0 Å². The number of nitrogens with zero attached hydrogens (tertiary/aromatic N) is 3. The van der Waals surface area contributed by atoms with E-state index in [1.807, 2.05) is 24.6 Å². The van der Waals surface area contributed by atoms with Gasteiger partial charge in [0.2, 0.25) is 0 Å². The molecule has 8 heteroatoms. The van der Waals surface area contributed by atoms with Gasteiger partial charge in [0.05, 0.1) is 5.69 Å². The van der Waals surface area contributed by atoms with Gasteiger partial charge in [0.15, 0.2) is 5.96 Å². The Balaban J connectivity index is 2.13. The number of rotatable bonds is 8. The molecule has 0 aliphatic rings. The summed E-state index contributed by atoms with van der Waals surface area (Å²) < 4.78 is 38.0. The monoisotopic (exact) mass is 333 g/mol. The van der Waals surface area contributed by atoms with Crippen molar-refractivity contribution in [1.82, 2.24) is 20.4 Å². The molecule has 2 N–H and O–H groups in total. The highest BCUT2D eigenvalue weighted by atomic mass is 19.4. The lowest BCUT2D eigenvalue weighted by molar-refractivity contribution is -0.135. The predicted molar refractivity (Wildman–Crippen MR) is 85.6 cm³/mol. The van der Waals surface area contributed by atoms with E-state index >= 15 is 0 Å². The Hall–Kier alpha value is -1.73. The minimum atomic E-state index is -4.07. The van der Waals surface area contributed by atoms with Crippen molar-refractivity contribution in [2.24, 2.45) is 4.99 Å². The largest absolute Gasteiger partial charge is 0.389 e. The van der Waals surface area contributed by atoms with Crippen LogP contribution in [0.25, 0.3) is 0 Å². The summed E-state index contributed by atoms with van der Waals surface area (Å²) in [4.78, 5) is 4.05. The highest BCUT2D eigenvalue weighted by Crippen LogP contribution is 2.21. The van der Waals surface area contributed by atoms with Crippen LogP contribution in [0.3, 0.4) is 0 Å². The number of nitrogens with one attached hydrogen (secondary N) is 2. The van der Waals surface area contributed by atoms with E-state index in [0.717, 1.165) is 30.9 Å². The van der Waals surface area contributed by atoms with Crippen molar-refractivity contribution in [3.63, 3.8) is 0 Å². The van der Waals surface area contributed by atoms with Gasteiger partial charge in [-0.1, -0.05) is 0 Å². The number of aryl methyl sites for hydroxylation is 3. The van der Waals surface area contributed by atoms with E-state index in [4.69, 9.17) is 0 Å². The van der Waals surface area contributed by atoms with Gasteiger partial charge in [0.1, 0.15) is 0 Å². The third-order valence-electron chi connectivity index (χ3n) is 3.35. The Morgan fingerprint density at radius 3 is 2.35 bits per heavy atom. The molecule has 0 spiro atoms. The summed E-state index contributed by atoms with van der Waals surface area (Å²) in [5.74, 6) is 0.616. The smallest absolute Gasteiger partial charge is 0.356 e. The highest BCUT2D eigenvalue weighted by molar-refractivity contribution is 5.79. The van der Waals surface area contributed by atoms with E-state index in [2.05, 4.69) is 20.7 Å². The van der Waals surface area contributed by atoms with Crippen LogP contribution in [0.4, 0.5) is 13.2 Å². The molecule has 1 aromatic heterocycles. The Morgan fingerprint density at radius 2 is 1.83 bits per heavy atom. The average Bonchev–Trinajstić information content (AvgIpc) is 2.77. The van der Waals surface area contributed by atoms with Crippen LogP contribution >= 0.6 is 0 Å². The summed E-state index contributed by atoms with van der Waals surface area (Å²) in [6.45, 7) is 6.00. The molecule has 1 aromatic rings. The Bertz CT molecular complexity index is 494. The molecule has 5 nitrogen and oxygen atoms in total. The number of halogens is 3. The van der Waals surface area contributed by atoms with Gasteiger partial charge >= 0.3 is 6.18 Å². The van der Waals surface area contributed by atoms with Gasteiger partial charge in [-0.2, -0.15) is 18.3 Å². The van der Waals surface area contributed by atoms with E-state index < -0.39 is 12.6 Å². The lowest BCUT2D eigenvalue weighted by Gasteiger charge is -2.12. The summed E-state index contributed by atoms with van der Waals surface area (Å²) in [6.07, 6.45) is -3.32. The Labute approximate surface area is 135 Å². The molecule has 0 aliphatic carbocycles. The minimum absolute atomic E-state index is 0.130. The van der Waals surface area contributed by atoms with Crippen LogP contribution in [0.5, 0.6) is 0 Å². The zero-order valence-corrected chi connectivity index (χ0v) is 14.0. The molecule has 0 radical (unpaired) electrons. The van der Waals surface area contributed by atoms with Crippen molar-refractivity contribution in [1.29, 1.82) is 0 Å². The number of hydrogen-bond donors (Lipinski definition) is 2. The molecule has 0 atom stereocenters. The molecule has 23 heavy (non-hydrogen) atoms. The maximum atomic E-state index is 12.0. The molecular weight excluding hydrogens is 307 g/mol. The molecule has 0 saturated heterocycles. The summed E-state index contributed by atoms with van der Waals surface area (Å²) in [5, 5.41) is 10.6. The molecule has 0 saturated carbocycles. The van der Waals surface area contributed by atoms with Crippen LogP contribution in [0, 0.1) is 13.8 Å². The summed E-state index contributed by atoms with van der Waals surface area (Å²) in [7, 11) is 1.64. The van der Waals surface area contributed by atoms with Gasteiger partial charge in [-0.3, -0.25) is 9.67 Å². The fourth-order valence-electron chi connectivity index (χ4n) is 2.21. The van der Waals surface area contributed by atoms with Crippen LogP contribution in [0.2, 0.25) is 0 Å². The van der Waals surface area contributed by atoms with Crippen molar-refractivity contribution in [2.75, 3.05) is 20.1 Å². The van der Waals surface area contributed by atoms with Gasteiger partial charge in [0.25, 0.3) is 0 Å². The van der Waals surface area contributed by atoms with E-state index in [1.165, 1.54) is 0 Å². The second-order valence-corrected chi connectivity index (χ2v) is 5.50. The Morgan fingerprint density at radius 1 is 1.17 bits per heavy atom. The highest BCUT2D eigenvalue weighted by Gasteiger charge is 2.25. The second kappa shape index (κ2) is 9.42. The van der Waals surface area contributed by atoms with Gasteiger partial charge in [-0.15, -0.1) is 0 Å². The Kier molecular flexibility index (Phi) is 7.91. The van der Waals surface area contributed by atoms with Crippen molar-refractivity contribution >= 4 is 5.96 Å². The number of guanidine groups is 1. The maximum Gasteiger partial charge on any atom is 0.389 e. The van der Waals surface area contributed by atoms with Crippen molar-refractivity contribution in [3.8, 4) is 0 Å². The number of aliphatic imine (C=N–C) groups is 1.